The Labute approximate surface area is 181 Å². The molecule has 1 aliphatic heterocycles. The smallest absolute Gasteiger partial charge is 0.233 e. The monoisotopic (exact) mass is 417 g/mol. The average Bonchev–Trinajstić information content (AvgIpc) is 3.34. The van der Waals surface area contributed by atoms with Crippen LogP contribution in [0.25, 0.3) is 10.9 Å². The van der Waals surface area contributed by atoms with Crippen LogP contribution in [0.3, 0.4) is 0 Å². The Kier molecular flexibility index (Phi) is 6.08. The highest BCUT2D eigenvalue weighted by Crippen LogP contribution is 2.41. The van der Waals surface area contributed by atoms with Gasteiger partial charge in [-0.1, -0.05) is 30.3 Å². The Morgan fingerprint density at radius 3 is 2.58 bits per heavy atom. The number of hydrogen-bond donors (Lipinski definition) is 0. The molecular formula is C24H23N3O4. The topological polar surface area (TPSA) is 76.8 Å². The van der Waals surface area contributed by atoms with Crippen molar-refractivity contribution in [1.29, 1.82) is 5.26 Å². The van der Waals surface area contributed by atoms with Crippen LogP contribution in [0.2, 0.25) is 0 Å². The summed E-state index contributed by atoms with van der Waals surface area (Å²) in [5.41, 5.74) is 2.78. The first-order chi connectivity index (χ1) is 15.3. The predicted molar refractivity (Wildman–Crippen MR) is 117 cm³/mol. The molecule has 0 atom stereocenters. The molecule has 0 saturated heterocycles. The van der Waals surface area contributed by atoms with Crippen molar-refractivity contribution >= 4 is 16.6 Å². The van der Waals surface area contributed by atoms with E-state index in [4.69, 9.17) is 18.9 Å². The van der Waals surface area contributed by atoms with Gasteiger partial charge in [0.2, 0.25) is 12.7 Å². The summed E-state index contributed by atoms with van der Waals surface area (Å²) >= 11 is 0. The van der Waals surface area contributed by atoms with E-state index < -0.39 is 0 Å². The van der Waals surface area contributed by atoms with Crippen LogP contribution in [0.1, 0.15) is 25.0 Å². The van der Waals surface area contributed by atoms with Gasteiger partial charge in [-0.15, -0.1) is 0 Å². The third-order valence-corrected chi connectivity index (χ3v) is 4.82. The third-order valence-electron chi connectivity index (χ3n) is 4.82. The number of rotatable bonds is 8. The number of aromatic nitrogens is 1. The molecule has 7 nitrogen and oxygen atoms in total. The van der Waals surface area contributed by atoms with Gasteiger partial charge in [0, 0.05) is 11.6 Å². The van der Waals surface area contributed by atoms with E-state index >= 15 is 0 Å². The van der Waals surface area contributed by atoms with Crippen molar-refractivity contribution in [2.24, 2.45) is 0 Å². The van der Waals surface area contributed by atoms with Crippen molar-refractivity contribution in [3.8, 4) is 17.6 Å². The maximum Gasteiger partial charge on any atom is 0.233 e. The lowest BCUT2D eigenvalue weighted by atomic mass is 10.1. The lowest BCUT2D eigenvalue weighted by molar-refractivity contribution is 0.0782. The first-order valence-electron chi connectivity index (χ1n) is 10.1. The van der Waals surface area contributed by atoms with Gasteiger partial charge in [-0.2, -0.15) is 5.26 Å². The van der Waals surface area contributed by atoms with Gasteiger partial charge < -0.3 is 23.8 Å². The molecule has 1 aliphatic rings. The number of hydrogen-bond acceptors (Lipinski definition) is 7. The molecule has 0 saturated carbocycles. The fraction of sp³-hybridized carbons (Fsp3) is 0.250. The molecule has 0 fully saturated rings. The minimum Gasteiger partial charge on any atom is -0.490 e. The summed E-state index contributed by atoms with van der Waals surface area (Å²) in [6.45, 7) is 5.42. The standard InChI is InChI=1S/C24H23N3O4/c1-3-29-20-11-10-19-22(24(20)30-4-2)26-13-18(12-25)23(19)27(21-15-28-16-31-21)14-17-8-6-5-7-9-17/h5-11,13,15H,3-4,14,16H2,1-2H3. The molecule has 0 amide bonds. The third kappa shape index (κ3) is 4.05. The lowest BCUT2D eigenvalue weighted by Gasteiger charge is -2.26. The zero-order chi connectivity index (χ0) is 21.6. The maximum atomic E-state index is 9.88. The second-order valence-electron chi connectivity index (χ2n) is 6.74. The maximum absolute atomic E-state index is 9.88. The molecule has 0 radical (unpaired) electrons. The highest BCUT2D eigenvalue weighted by atomic mass is 16.7. The molecular weight excluding hydrogens is 394 g/mol. The highest BCUT2D eigenvalue weighted by molar-refractivity contribution is 5.99. The highest BCUT2D eigenvalue weighted by Gasteiger charge is 2.25. The molecule has 0 aliphatic carbocycles. The number of fused-ring (bicyclic) bond motifs is 1. The molecule has 0 bridgehead atoms. The molecule has 4 rings (SSSR count). The van der Waals surface area contributed by atoms with E-state index in [2.05, 4.69) is 11.1 Å². The summed E-state index contributed by atoms with van der Waals surface area (Å²) in [6.07, 6.45) is 3.12. The first-order valence-corrected chi connectivity index (χ1v) is 10.1. The van der Waals surface area contributed by atoms with Crippen molar-refractivity contribution in [1.82, 2.24) is 4.98 Å². The Bertz CT molecular complexity index is 1140. The van der Waals surface area contributed by atoms with E-state index in [-0.39, 0.29) is 6.79 Å². The van der Waals surface area contributed by atoms with Crippen molar-refractivity contribution in [2.75, 3.05) is 24.9 Å². The van der Waals surface area contributed by atoms with Gasteiger partial charge in [0.1, 0.15) is 17.8 Å². The SMILES string of the molecule is CCOc1ccc2c(N(Cc3ccccc3)C3=COCO3)c(C#N)cnc2c1OCC. The average molecular weight is 417 g/mol. The van der Waals surface area contributed by atoms with Crippen molar-refractivity contribution in [2.45, 2.75) is 20.4 Å². The summed E-state index contributed by atoms with van der Waals surface area (Å²) < 4.78 is 22.7. The molecule has 3 aromatic rings. The first kappa shape index (κ1) is 20.4. The van der Waals surface area contributed by atoms with Crippen molar-refractivity contribution in [3.05, 3.63) is 71.9 Å². The van der Waals surface area contributed by atoms with Crippen LogP contribution in [-0.4, -0.2) is 25.0 Å². The van der Waals surface area contributed by atoms with Crippen molar-refractivity contribution in [3.63, 3.8) is 0 Å². The minimum atomic E-state index is 0.129. The molecule has 0 spiro atoms. The number of nitriles is 1. The number of anilines is 1. The van der Waals surface area contributed by atoms with E-state index in [0.717, 1.165) is 10.9 Å². The molecule has 0 N–H and O–H groups in total. The Balaban J connectivity index is 1.94. The van der Waals surface area contributed by atoms with E-state index in [0.29, 0.717) is 53.9 Å². The van der Waals surface area contributed by atoms with Crippen LogP contribution in [0.4, 0.5) is 5.69 Å². The molecule has 7 heteroatoms. The lowest BCUT2D eigenvalue weighted by Crippen LogP contribution is -2.24. The number of ether oxygens (including phenoxy) is 4. The number of benzene rings is 2. The quantitative estimate of drug-likeness (QED) is 0.525. The summed E-state index contributed by atoms with van der Waals surface area (Å²) in [5, 5.41) is 10.6. The predicted octanol–water partition coefficient (Wildman–Crippen LogP) is 4.71. The molecule has 31 heavy (non-hydrogen) atoms. The van der Waals surface area contributed by atoms with Crippen LogP contribution in [0.15, 0.2) is 60.8 Å². The Morgan fingerprint density at radius 2 is 1.90 bits per heavy atom. The Hall–Kier alpha value is -3.92. The van der Waals surface area contributed by atoms with Crippen LogP contribution >= 0.6 is 0 Å². The fourth-order valence-corrected chi connectivity index (χ4v) is 3.54. The van der Waals surface area contributed by atoms with Gasteiger partial charge in [0.15, 0.2) is 11.5 Å². The van der Waals surface area contributed by atoms with Crippen LogP contribution in [0, 0.1) is 11.3 Å². The second kappa shape index (κ2) is 9.26. The van der Waals surface area contributed by atoms with Crippen LogP contribution in [-0.2, 0) is 16.0 Å². The molecule has 2 aromatic carbocycles. The van der Waals surface area contributed by atoms with E-state index in [9.17, 15) is 5.26 Å². The molecule has 1 aromatic heterocycles. The largest absolute Gasteiger partial charge is 0.490 e. The van der Waals surface area contributed by atoms with Crippen LogP contribution in [0.5, 0.6) is 11.5 Å². The van der Waals surface area contributed by atoms with Gasteiger partial charge in [-0.3, -0.25) is 4.98 Å². The van der Waals surface area contributed by atoms with Crippen molar-refractivity contribution < 1.29 is 18.9 Å². The van der Waals surface area contributed by atoms with E-state index in [1.165, 1.54) is 0 Å². The fourth-order valence-electron chi connectivity index (χ4n) is 3.54. The summed E-state index contributed by atoms with van der Waals surface area (Å²) in [7, 11) is 0. The second-order valence-corrected chi connectivity index (χ2v) is 6.74. The summed E-state index contributed by atoms with van der Waals surface area (Å²) in [5.74, 6) is 1.71. The summed E-state index contributed by atoms with van der Waals surface area (Å²) in [4.78, 5) is 6.48. The van der Waals surface area contributed by atoms with Gasteiger partial charge in [0.25, 0.3) is 0 Å². The zero-order valence-electron chi connectivity index (χ0n) is 17.5. The van der Waals surface area contributed by atoms with Crippen LogP contribution < -0.4 is 14.4 Å². The summed E-state index contributed by atoms with van der Waals surface area (Å²) in [6, 6.07) is 16.0. The van der Waals surface area contributed by atoms with Gasteiger partial charge >= 0.3 is 0 Å². The number of nitrogens with zero attached hydrogens (tertiary/aromatic N) is 3. The minimum absolute atomic E-state index is 0.129. The molecule has 0 unspecified atom stereocenters. The number of pyridine rings is 1. The normalized spacial score (nSPS) is 12.5. The molecule has 158 valence electrons. The van der Waals surface area contributed by atoms with Gasteiger partial charge in [-0.25, -0.2) is 0 Å². The molecule has 2 heterocycles. The Morgan fingerprint density at radius 1 is 1.10 bits per heavy atom. The van der Waals surface area contributed by atoms with Gasteiger partial charge in [0.05, 0.1) is 31.0 Å². The van der Waals surface area contributed by atoms with E-state index in [1.807, 2.05) is 61.2 Å². The zero-order valence-corrected chi connectivity index (χ0v) is 17.5. The van der Waals surface area contributed by atoms with Gasteiger partial charge in [-0.05, 0) is 31.5 Å². The van der Waals surface area contributed by atoms with E-state index in [1.54, 1.807) is 12.5 Å².